The zero-order chi connectivity index (χ0) is 7.28. The second-order valence-electron chi connectivity index (χ2n) is 1.61. The summed E-state index contributed by atoms with van der Waals surface area (Å²) in [6.07, 6.45) is -0.996. The highest BCUT2D eigenvalue weighted by Crippen LogP contribution is 1.90. The molecule has 0 aliphatic carbocycles. The summed E-state index contributed by atoms with van der Waals surface area (Å²) in [5.74, 6) is 0. The molecule has 0 spiro atoms. The summed E-state index contributed by atoms with van der Waals surface area (Å²) >= 11 is 0. The molecule has 0 bridgehead atoms. The molecule has 0 heterocycles. The van der Waals surface area contributed by atoms with Gasteiger partial charge in [-0.25, -0.2) is 4.79 Å². The lowest BCUT2D eigenvalue weighted by Crippen LogP contribution is -2.12. The van der Waals surface area contributed by atoms with Gasteiger partial charge in [-0.05, 0) is 20.8 Å². The van der Waals surface area contributed by atoms with Crippen LogP contribution in [0.15, 0.2) is 0 Å². The van der Waals surface area contributed by atoms with Crippen molar-refractivity contribution in [3.8, 4) is 0 Å². The summed E-state index contributed by atoms with van der Waals surface area (Å²) < 4.78 is 8.97. The number of hydrogen-bond acceptors (Lipinski definition) is 3. The Bertz CT molecular complexity index is 88.3. The average molecular weight is 131 g/mol. The zero-order valence-corrected chi connectivity index (χ0v) is 5.72. The van der Waals surface area contributed by atoms with Gasteiger partial charge in [0.15, 0.2) is 0 Å². The molecule has 0 aromatic heterocycles. The lowest BCUT2D eigenvalue weighted by atomic mass is 10.5. The minimum Gasteiger partial charge on any atom is -0.435 e. The molecular weight excluding hydrogens is 120 g/mol. The van der Waals surface area contributed by atoms with E-state index in [4.69, 9.17) is 0 Å². The SMILES string of the molecule is [CH2][C@@H](C)OC(=O)OCC. The third-order valence-electron chi connectivity index (χ3n) is 0.560. The van der Waals surface area contributed by atoms with Gasteiger partial charge in [-0.3, -0.25) is 0 Å². The van der Waals surface area contributed by atoms with E-state index in [1.807, 2.05) is 0 Å². The predicted octanol–water partition coefficient (Wildman–Crippen LogP) is 1.38. The first-order valence-corrected chi connectivity index (χ1v) is 2.83. The van der Waals surface area contributed by atoms with Gasteiger partial charge >= 0.3 is 6.16 Å². The van der Waals surface area contributed by atoms with Gasteiger partial charge in [0.1, 0.15) is 6.10 Å². The van der Waals surface area contributed by atoms with Crippen molar-refractivity contribution in [3.63, 3.8) is 0 Å². The van der Waals surface area contributed by atoms with Crippen LogP contribution in [-0.2, 0) is 9.47 Å². The van der Waals surface area contributed by atoms with Gasteiger partial charge in [0, 0.05) is 0 Å². The molecule has 0 N–H and O–H groups in total. The van der Waals surface area contributed by atoms with Gasteiger partial charge < -0.3 is 9.47 Å². The average Bonchev–Trinajstić information content (AvgIpc) is 1.63. The fourth-order valence-electron chi connectivity index (χ4n) is 0.316. The normalized spacial score (nSPS) is 9.33. The van der Waals surface area contributed by atoms with Crippen molar-refractivity contribution in [2.24, 2.45) is 0 Å². The monoisotopic (exact) mass is 131 g/mol. The van der Waals surface area contributed by atoms with E-state index in [9.17, 15) is 4.79 Å². The molecule has 0 fully saturated rings. The highest BCUT2D eigenvalue weighted by Gasteiger charge is 2.03. The number of rotatable bonds is 2. The Morgan fingerprint density at radius 3 is 2.67 bits per heavy atom. The molecule has 0 aromatic rings. The van der Waals surface area contributed by atoms with E-state index in [-0.39, 0.29) is 6.10 Å². The lowest BCUT2D eigenvalue weighted by molar-refractivity contribution is 0.0447. The first kappa shape index (κ1) is 8.27. The van der Waals surface area contributed by atoms with Crippen molar-refractivity contribution in [1.29, 1.82) is 0 Å². The lowest BCUT2D eigenvalue weighted by Gasteiger charge is -2.05. The molecule has 0 aliphatic rings. The van der Waals surface area contributed by atoms with Crippen LogP contribution in [0.4, 0.5) is 4.79 Å². The van der Waals surface area contributed by atoms with Gasteiger partial charge in [-0.15, -0.1) is 0 Å². The molecule has 0 aliphatic heterocycles. The van der Waals surface area contributed by atoms with Gasteiger partial charge in [-0.1, -0.05) is 0 Å². The van der Waals surface area contributed by atoms with Crippen molar-refractivity contribution in [2.75, 3.05) is 6.61 Å². The summed E-state index contributed by atoms with van der Waals surface area (Å²) in [5, 5.41) is 0. The second kappa shape index (κ2) is 4.18. The van der Waals surface area contributed by atoms with Crippen LogP contribution in [0.2, 0.25) is 0 Å². The van der Waals surface area contributed by atoms with E-state index < -0.39 is 6.16 Å². The second-order valence-corrected chi connectivity index (χ2v) is 1.61. The van der Waals surface area contributed by atoms with E-state index in [0.29, 0.717) is 6.61 Å². The maximum atomic E-state index is 10.4. The van der Waals surface area contributed by atoms with E-state index in [2.05, 4.69) is 16.4 Å². The summed E-state index contributed by atoms with van der Waals surface area (Å²) in [4.78, 5) is 10.4. The number of carbonyl (C=O) groups is 1. The molecule has 3 heteroatoms. The summed E-state index contributed by atoms with van der Waals surface area (Å²) in [7, 11) is 0. The van der Waals surface area contributed by atoms with Gasteiger partial charge in [0.2, 0.25) is 0 Å². The van der Waals surface area contributed by atoms with Crippen LogP contribution in [0, 0.1) is 6.92 Å². The van der Waals surface area contributed by atoms with Crippen molar-refractivity contribution in [1.82, 2.24) is 0 Å². The predicted molar refractivity (Wildman–Crippen MR) is 32.9 cm³/mol. The Morgan fingerprint density at radius 1 is 1.78 bits per heavy atom. The van der Waals surface area contributed by atoms with E-state index >= 15 is 0 Å². The number of carbonyl (C=O) groups excluding carboxylic acids is 1. The standard InChI is InChI=1S/C6H11O3/c1-4-8-6(7)9-5(2)3/h5H,2,4H2,1,3H3/t5-/m0/s1. The molecule has 0 unspecified atom stereocenters. The molecule has 1 radical (unpaired) electrons. The summed E-state index contributed by atoms with van der Waals surface area (Å²) in [6, 6.07) is 0. The van der Waals surface area contributed by atoms with Crippen molar-refractivity contribution >= 4 is 6.16 Å². The van der Waals surface area contributed by atoms with Crippen LogP contribution in [0.3, 0.4) is 0 Å². The maximum absolute atomic E-state index is 10.4. The highest BCUT2D eigenvalue weighted by molar-refractivity contribution is 5.60. The van der Waals surface area contributed by atoms with E-state index in [1.54, 1.807) is 13.8 Å². The quantitative estimate of drug-likeness (QED) is 0.531. The van der Waals surface area contributed by atoms with E-state index in [1.165, 1.54) is 0 Å². The van der Waals surface area contributed by atoms with Crippen molar-refractivity contribution in [3.05, 3.63) is 6.92 Å². The van der Waals surface area contributed by atoms with Gasteiger partial charge in [0.05, 0.1) is 6.61 Å². The minimum atomic E-state index is -0.653. The fraction of sp³-hybridized carbons (Fsp3) is 0.667. The number of ether oxygens (including phenoxy) is 2. The van der Waals surface area contributed by atoms with Crippen LogP contribution in [0.1, 0.15) is 13.8 Å². The third-order valence-corrected chi connectivity index (χ3v) is 0.560. The molecular formula is C6H11O3. The largest absolute Gasteiger partial charge is 0.508 e. The number of hydrogen-bond donors (Lipinski definition) is 0. The molecule has 0 amide bonds. The third kappa shape index (κ3) is 5.14. The van der Waals surface area contributed by atoms with Crippen LogP contribution < -0.4 is 0 Å². The van der Waals surface area contributed by atoms with Crippen molar-refractivity contribution < 1.29 is 14.3 Å². The van der Waals surface area contributed by atoms with Crippen LogP contribution in [0.5, 0.6) is 0 Å². The van der Waals surface area contributed by atoms with Crippen LogP contribution in [0.25, 0.3) is 0 Å². The Balaban J connectivity index is 3.27. The Morgan fingerprint density at radius 2 is 2.33 bits per heavy atom. The summed E-state index contributed by atoms with van der Waals surface area (Å²) in [5.41, 5.74) is 0. The molecule has 0 saturated carbocycles. The Kier molecular flexibility index (Phi) is 3.84. The first-order chi connectivity index (χ1) is 4.16. The maximum Gasteiger partial charge on any atom is 0.508 e. The molecule has 9 heavy (non-hydrogen) atoms. The van der Waals surface area contributed by atoms with Crippen LogP contribution >= 0.6 is 0 Å². The molecule has 0 aromatic carbocycles. The smallest absolute Gasteiger partial charge is 0.435 e. The Labute approximate surface area is 55.0 Å². The summed E-state index contributed by atoms with van der Waals surface area (Å²) in [6.45, 7) is 7.16. The topological polar surface area (TPSA) is 35.5 Å². The molecule has 3 nitrogen and oxygen atoms in total. The van der Waals surface area contributed by atoms with Gasteiger partial charge in [0.25, 0.3) is 0 Å². The minimum absolute atomic E-state index is 0.339. The van der Waals surface area contributed by atoms with Gasteiger partial charge in [-0.2, -0.15) is 0 Å². The van der Waals surface area contributed by atoms with Crippen molar-refractivity contribution in [2.45, 2.75) is 20.0 Å². The fourth-order valence-corrected chi connectivity index (χ4v) is 0.316. The Hall–Kier alpha value is -0.730. The molecule has 0 saturated heterocycles. The first-order valence-electron chi connectivity index (χ1n) is 2.83. The molecule has 53 valence electrons. The highest BCUT2D eigenvalue weighted by atomic mass is 16.7. The van der Waals surface area contributed by atoms with Crippen LogP contribution in [-0.4, -0.2) is 18.9 Å². The zero-order valence-electron chi connectivity index (χ0n) is 5.72. The molecule has 0 rings (SSSR count). The van der Waals surface area contributed by atoms with E-state index in [0.717, 1.165) is 0 Å². The molecule has 1 atom stereocenters.